The molecule has 2 heterocycles. The van der Waals surface area contributed by atoms with E-state index in [9.17, 15) is 14.0 Å². The minimum absolute atomic E-state index is 0.0528. The van der Waals surface area contributed by atoms with Crippen molar-refractivity contribution in [2.24, 2.45) is 0 Å². The first-order valence-electron chi connectivity index (χ1n) is 7.64. The Bertz CT molecular complexity index is 747. The summed E-state index contributed by atoms with van der Waals surface area (Å²) < 4.78 is 13.6. The largest absolute Gasteiger partial charge is 0.337 e. The smallest absolute Gasteiger partial charge is 0.264 e. The van der Waals surface area contributed by atoms with E-state index in [1.165, 1.54) is 35.6 Å². The van der Waals surface area contributed by atoms with Crippen molar-refractivity contribution in [1.29, 1.82) is 0 Å². The fraction of sp³-hybridized carbons (Fsp3) is 0.294. The predicted molar refractivity (Wildman–Crippen MR) is 92.2 cm³/mol. The highest BCUT2D eigenvalue weighted by Gasteiger charge is 2.24. The van der Waals surface area contributed by atoms with Crippen molar-refractivity contribution in [2.75, 3.05) is 26.2 Å². The first-order valence-corrected chi connectivity index (χ1v) is 8.83. The van der Waals surface area contributed by atoms with Gasteiger partial charge in [0.15, 0.2) is 0 Å². The summed E-state index contributed by atoms with van der Waals surface area (Å²) in [6.45, 7) is 2.11. The Labute approximate surface area is 148 Å². The van der Waals surface area contributed by atoms with Gasteiger partial charge in [-0.1, -0.05) is 11.6 Å². The molecule has 0 unspecified atom stereocenters. The number of benzene rings is 1. The van der Waals surface area contributed by atoms with Crippen LogP contribution in [0.3, 0.4) is 0 Å². The second kappa shape index (κ2) is 7.32. The van der Waals surface area contributed by atoms with Gasteiger partial charge in [0, 0.05) is 31.7 Å². The van der Waals surface area contributed by atoms with E-state index in [1.54, 1.807) is 21.9 Å². The second-order valence-corrected chi connectivity index (χ2v) is 7.26. The molecule has 24 heavy (non-hydrogen) atoms. The molecule has 7 heteroatoms. The number of hydrogen-bond acceptors (Lipinski definition) is 3. The topological polar surface area (TPSA) is 40.6 Å². The maximum Gasteiger partial charge on any atom is 0.264 e. The number of carbonyl (C=O) groups excluding carboxylic acids is 2. The van der Waals surface area contributed by atoms with Gasteiger partial charge < -0.3 is 9.80 Å². The lowest BCUT2D eigenvalue weighted by Gasteiger charge is -2.22. The fourth-order valence-corrected chi connectivity index (χ4v) is 3.69. The maximum atomic E-state index is 13.0. The molecule has 0 atom stereocenters. The van der Waals surface area contributed by atoms with E-state index in [4.69, 9.17) is 11.6 Å². The minimum atomic E-state index is -0.367. The molecule has 0 saturated carbocycles. The third-order valence-electron chi connectivity index (χ3n) is 3.95. The fourth-order valence-electron chi connectivity index (χ4n) is 2.68. The molecule has 1 fully saturated rings. The SMILES string of the molecule is O=C(c1ccc(F)cc1)N1CCCN(C(=O)c2ccc(Cl)s2)CC1. The van der Waals surface area contributed by atoms with Gasteiger partial charge in [0.2, 0.25) is 0 Å². The Kier molecular flexibility index (Phi) is 5.16. The molecule has 0 N–H and O–H groups in total. The average molecular weight is 367 g/mol. The predicted octanol–water partition coefficient (Wildman–Crippen LogP) is 3.53. The first-order chi connectivity index (χ1) is 11.5. The highest BCUT2D eigenvalue weighted by Crippen LogP contribution is 2.23. The zero-order valence-electron chi connectivity index (χ0n) is 12.9. The number of nitrogens with zero attached hydrogens (tertiary/aromatic N) is 2. The molecule has 1 aromatic carbocycles. The Morgan fingerprint density at radius 3 is 2.12 bits per heavy atom. The van der Waals surface area contributed by atoms with E-state index in [0.717, 1.165) is 0 Å². The van der Waals surface area contributed by atoms with E-state index in [2.05, 4.69) is 0 Å². The molecule has 1 saturated heterocycles. The van der Waals surface area contributed by atoms with Crippen molar-refractivity contribution in [2.45, 2.75) is 6.42 Å². The summed E-state index contributed by atoms with van der Waals surface area (Å²) in [5, 5.41) is 0. The number of amides is 2. The third kappa shape index (κ3) is 3.76. The van der Waals surface area contributed by atoms with Crippen LogP contribution < -0.4 is 0 Å². The highest BCUT2D eigenvalue weighted by atomic mass is 35.5. The number of thiophene rings is 1. The van der Waals surface area contributed by atoms with E-state index < -0.39 is 0 Å². The molecule has 3 rings (SSSR count). The lowest BCUT2D eigenvalue weighted by Crippen LogP contribution is -2.37. The summed E-state index contributed by atoms with van der Waals surface area (Å²) in [7, 11) is 0. The molecule has 0 spiro atoms. The number of halogens is 2. The Balaban J connectivity index is 1.65. The molecule has 126 valence electrons. The molecule has 1 aliphatic rings. The second-order valence-electron chi connectivity index (χ2n) is 5.55. The third-order valence-corrected chi connectivity index (χ3v) is 5.16. The molecular weight excluding hydrogens is 351 g/mol. The maximum absolute atomic E-state index is 13.0. The molecule has 1 aliphatic heterocycles. The van der Waals surface area contributed by atoms with E-state index in [-0.39, 0.29) is 17.6 Å². The van der Waals surface area contributed by atoms with Crippen molar-refractivity contribution in [3.05, 3.63) is 57.0 Å². The number of carbonyl (C=O) groups is 2. The molecule has 2 amide bonds. The first kappa shape index (κ1) is 16.9. The van der Waals surface area contributed by atoms with Crippen molar-refractivity contribution in [1.82, 2.24) is 9.80 Å². The van der Waals surface area contributed by atoms with Gasteiger partial charge in [-0.25, -0.2) is 4.39 Å². The lowest BCUT2D eigenvalue weighted by atomic mass is 10.2. The summed E-state index contributed by atoms with van der Waals surface area (Å²) in [6, 6.07) is 8.96. The van der Waals surface area contributed by atoms with Crippen LogP contribution in [0, 0.1) is 5.82 Å². The summed E-state index contributed by atoms with van der Waals surface area (Å²) in [5.74, 6) is -0.555. The van der Waals surface area contributed by atoms with E-state index in [1.807, 2.05) is 0 Å². The van der Waals surface area contributed by atoms with Gasteiger partial charge >= 0.3 is 0 Å². The number of rotatable bonds is 2. The van der Waals surface area contributed by atoms with Gasteiger partial charge in [-0.3, -0.25) is 9.59 Å². The van der Waals surface area contributed by atoms with Gasteiger partial charge in [0.05, 0.1) is 9.21 Å². The quantitative estimate of drug-likeness (QED) is 0.815. The van der Waals surface area contributed by atoms with Gasteiger partial charge in [0.25, 0.3) is 11.8 Å². The summed E-state index contributed by atoms with van der Waals surface area (Å²) >= 11 is 7.15. The zero-order valence-corrected chi connectivity index (χ0v) is 14.4. The van der Waals surface area contributed by atoms with Crippen LogP contribution in [-0.4, -0.2) is 47.8 Å². The Morgan fingerprint density at radius 2 is 1.54 bits per heavy atom. The lowest BCUT2D eigenvalue weighted by molar-refractivity contribution is 0.0721. The Hall–Kier alpha value is -1.92. The molecule has 0 radical (unpaired) electrons. The molecule has 2 aromatic rings. The monoisotopic (exact) mass is 366 g/mol. The summed E-state index contributed by atoms with van der Waals surface area (Å²) in [5.41, 5.74) is 0.459. The van der Waals surface area contributed by atoms with Crippen LogP contribution in [-0.2, 0) is 0 Å². The van der Waals surface area contributed by atoms with Crippen molar-refractivity contribution >= 4 is 34.8 Å². The van der Waals surface area contributed by atoms with Crippen LogP contribution in [0.5, 0.6) is 0 Å². The van der Waals surface area contributed by atoms with Crippen LogP contribution in [0.25, 0.3) is 0 Å². The van der Waals surface area contributed by atoms with Crippen molar-refractivity contribution in [3.63, 3.8) is 0 Å². The number of hydrogen-bond donors (Lipinski definition) is 0. The molecule has 4 nitrogen and oxygen atoms in total. The van der Waals surface area contributed by atoms with Gasteiger partial charge in [-0.05, 0) is 42.8 Å². The standard InChI is InChI=1S/C17H16ClFN2O2S/c18-15-7-6-14(24-15)17(23)21-9-1-8-20(10-11-21)16(22)12-2-4-13(19)5-3-12/h2-7H,1,8-11H2. The summed E-state index contributed by atoms with van der Waals surface area (Å²) in [4.78, 5) is 29.1. The van der Waals surface area contributed by atoms with Crippen LogP contribution in [0.1, 0.15) is 26.5 Å². The summed E-state index contributed by atoms with van der Waals surface area (Å²) in [6.07, 6.45) is 0.706. The molecule has 0 aliphatic carbocycles. The highest BCUT2D eigenvalue weighted by molar-refractivity contribution is 7.17. The zero-order chi connectivity index (χ0) is 17.1. The molecule has 0 bridgehead atoms. The van der Waals surface area contributed by atoms with Crippen LogP contribution in [0.15, 0.2) is 36.4 Å². The Morgan fingerprint density at radius 1 is 0.917 bits per heavy atom. The van der Waals surface area contributed by atoms with E-state index in [0.29, 0.717) is 47.4 Å². The molecule has 1 aromatic heterocycles. The van der Waals surface area contributed by atoms with E-state index >= 15 is 0 Å². The van der Waals surface area contributed by atoms with Gasteiger partial charge in [-0.15, -0.1) is 11.3 Å². The van der Waals surface area contributed by atoms with Crippen molar-refractivity contribution < 1.29 is 14.0 Å². The minimum Gasteiger partial charge on any atom is -0.337 e. The van der Waals surface area contributed by atoms with Gasteiger partial charge in [0.1, 0.15) is 5.82 Å². The average Bonchev–Trinajstić information content (AvgIpc) is 2.87. The van der Waals surface area contributed by atoms with Crippen LogP contribution in [0.2, 0.25) is 4.34 Å². The molecular formula is C17H16ClFN2O2S. The van der Waals surface area contributed by atoms with Crippen LogP contribution in [0.4, 0.5) is 4.39 Å². The normalized spacial score (nSPS) is 15.2. The van der Waals surface area contributed by atoms with Crippen molar-refractivity contribution in [3.8, 4) is 0 Å². The van der Waals surface area contributed by atoms with Gasteiger partial charge in [-0.2, -0.15) is 0 Å². The van der Waals surface area contributed by atoms with Crippen LogP contribution >= 0.6 is 22.9 Å².